The zero-order valence-corrected chi connectivity index (χ0v) is 12.8. The molecule has 1 heterocycles. The summed E-state index contributed by atoms with van der Waals surface area (Å²) in [5.41, 5.74) is 2.98. The number of imidazole rings is 1. The summed E-state index contributed by atoms with van der Waals surface area (Å²) in [6, 6.07) is 14.1. The predicted molar refractivity (Wildman–Crippen MR) is 87.4 cm³/mol. The highest BCUT2D eigenvalue weighted by molar-refractivity contribution is 6.30. The number of anilines is 1. The zero-order valence-electron chi connectivity index (χ0n) is 12.1. The Morgan fingerprint density at radius 2 is 1.95 bits per heavy atom. The highest BCUT2D eigenvalue weighted by Gasteiger charge is 2.08. The van der Waals surface area contributed by atoms with Gasteiger partial charge in [0.2, 0.25) is 5.95 Å². The van der Waals surface area contributed by atoms with Gasteiger partial charge in [0, 0.05) is 24.2 Å². The second kappa shape index (κ2) is 6.20. The van der Waals surface area contributed by atoms with Crippen LogP contribution in [-0.2, 0) is 13.6 Å². The number of aromatic nitrogens is 2. The first-order chi connectivity index (χ1) is 10.6. The Balaban J connectivity index is 1.77. The number of hydrogen-bond donors (Lipinski definition) is 1. The Morgan fingerprint density at radius 1 is 1.18 bits per heavy atom. The first-order valence-electron chi connectivity index (χ1n) is 6.89. The molecule has 3 rings (SSSR count). The summed E-state index contributed by atoms with van der Waals surface area (Å²) in [6.07, 6.45) is 1.80. The molecule has 0 saturated carbocycles. The van der Waals surface area contributed by atoms with Gasteiger partial charge in [-0.25, -0.2) is 9.37 Å². The van der Waals surface area contributed by atoms with Gasteiger partial charge in [0.1, 0.15) is 5.82 Å². The van der Waals surface area contributed by atoms with Crippen LogP contribution >= 0.6 is 11.6 Å². The molecule has 0 atom stereocenters. The van der Waals surface area contributed by atoms with Crippen LogP contribution < -0.4 is 5.32 Å². The number of benzene rings is 2. The quantitative estimate of drug-likeness (QED) is 0.768. The van der Waals surface area contributed by atoms with Crippen LogP contribution in [0.1, 0.15) is 5.56 Å². The Labute approximate surface area is 133 Å². The van der Waals surface area contributed by atoms with Crippen LogP contribution in [0.2, 0.25) is 5.02 Å². The van der Waals surface area contributed by atoms with Gasteiger partial charge >= 0.3 is 0 Å². The van der Waals surface area contributed by atoms with E-state index in [1.165, 1.54) is 12.1 Å². The molecule has 0 aliphatic carbocycles. The lowest BCUT2D eigenvalue weighted by Crippen LogP contribution is -2.05. The van der Waals surface area contributed by atoms with Gasteiger partial charge in [0.25, 0.3) is 0 Å². The monoisotopic (exact) mass is 315 g/mol. The molecular formula is C17H15ClFN3. The van der Waals surface area contributed by atoms with Crippen LogP contribution in [0.4, 0.5) is 10.3 Å². The lowest BCUT2D eigenvalue weighted by atomic mass is 10.2. The molecule has 0 amide bonds. The van der Waals surface area contributed by atoms with Gasteiger partial charge in [-0.2, -0.15) is 0 Å². The van der Waals surface area contributed by atoms with Gasteiger partial charge in [-0.05, 0) is 29.8 Å². The summed E-state index contributed by atoms with van der Waals surface area (Å²) < 4.78 is 14.9. The van der Waals surface area contributed by atoms with Gasteiger partial charge in [0.15, 0.2) is 0 Å². The maximum Gasteiger partial charge on any atom is 0.203 e. The number of rotatable bonds is 4. The topological polar surface area (TPSA) is 29.9 Å². The van der Waals surface area contributed by atoms with Crippen molar-refractivity contribution in [3.8, 4) is 11.3 Å². The van der Waals surface area contributed by atoms with E-state index in [1.54, 1.807) is 18.3 Å². The molecule has 0 spiro atoms. The molecule has 1 N–H and O–H groups in total. The van der Waals surface area contributed by atoms with Crippen LogP contribution in [0.3, 0.4) is 0 Å². The minimum atomic E-state index is -0.232. The molecule has 112 valence electrons. The third-order valence-corrected chi connectivity index (χ3v) is 3.71. The number of nitrogens with zero attached hydrogens (tertiary/aromatic N) is 2. The van der Waals surface area contributed by atoms with Crippen molar-refractivity contribution in [2.45, 2.75) is 6.54 Å². The molecule has 0 radical (unpaired) electrons. The lowest BCUT2D eigenvalue weighted by Gasteiger charge is -2.09. The molecule has 0 bridgehead atoms. The molecule has 3 aromatic rings. The van der Waals surface area contributed by atoms with Crippen molar-refractivity contribution in [1.82, 2.24) is 9.55 Å². The van der Waals surface area contributed by atoms with Crippen molar-refractivity contribution in [1.29, 1.82) is 0 Å². The Morgan fingerprint density at radius 3 is 2.68 bits per heavy atom. The highest BCUT2D eigenvalue weighted by atomic mass is 35.5. The van der Waals surface area contributed by atoms with Crippen molar-refractivity contribution in [3.63, 3.8) is 0 Å². The van der Waals surface area contributed by atoms with Crippen molar-refractivity contribution >= 4 is 17.5 Å². The van der Waals surface area contributed by atoms with Crippen LogP contribution in [0.15, 0.2) is 54.7 Å². The number of hydrogen-bond acceptors (Lipinski definition) is 2. The maximum absolute atomic E-state index is 12.9. The van der Waals surface area contributed by atoms with Gasteiger partial charge in [-0.15, -0.1) is 0 Å². The van der Waals surface area contributed by atoms with E-state index in [1.807, 2.05) is 35.9 Å². The van der Waals surface area contributed by atoms with Crippen molar-refractivity contribution in [3.05, 3.63) is 71.1 Å². The van der Waals surface area contributed by atoms with E-state index in [4.69, 9.17) is 11.6 Å². The van der Waals surface area contributed by atoms with E-state index < -0.39 is 0 Å². The summed E-state index contributed by atoms with van der Waals surface area (Å²) in [6.45, 7) is 0.583. The zero-order chi connectivity index (χ0) is 15.5. The summed E-state index contributed by atoms with van der Waals surface area (Å²) in [5, 5.41) is 3.94. The average Bonchev–Trinajstić information content (AvgIpc) is 2.88. The molecule has 0 aliphatic rings. The fourth-order valence-corrected chi connectivity index (χ4v) is 2.46. The minimum Gasteiger partial charge on any atom is -0.352 e. The molecular weight excluding hydrogens is 301 g/mol. The summed E-state index contributed by atoms with van der Waals surface area (Å²) in [7, 11) is 1.94. The molecule has 0 unspecified atom stereocenters. The number of halogens is 2. The van der Waals surface area contributed by atoms with E-state index in [-0.39, 0.29) is 5.82 Å². The first-order valence-corrected chi connectivity index (χ1v) is 7.27. The molecule has 22 heavy (non-hydrogen) atoms. The molecule has 5 heteroatoms. The number of nitrogens with one attached hydrogen (secondary N) is 1. The summed E-state index contributed by atoms with van der Waals surface area (Å²) in [5.74, 6) is 0.517. The normalized spacial score (nSPS) is 10.7. The standard InChI is InChI=1S/C17H15ClFN3/c1-22-16(13-3-2-4-14(18)9-13)11-21-17(22)20-10-12-5-7-15(19)8-6-12/h2-9,11H,10H2,1H3,(H,20,21). The van der Waals surface area contributed by atoms with Crippen molar-refractivity contribution in [2.75, 3.05) is 5.32 Å². The maximum atomic E-state index is 12.9. The predicted octanol–water partition coefficient (Wildman–Crippen LogP) is 4.49. The second-order valence-corrected chi connectivity index (χ2v) is 5.45. The molecule has 1 aromatic heterocycles. The van der Waals surface area contributed by atoms with Gasteiger partial charge in [-0.1, -0.05) is 35.9 Å². The minimum absolute atomic E-state index is 0.232. The first kappa shape index (κ1) is 14.6. The third-order valence-electron chi connectivity index (χ3n) is 3.47. The Hall–Kier alpha value is -2.33. The van der Waals surface area contributed by atoms with E-state index in [9.17, 15) is 4.39 Å². The van der Waals surface area contributed by atoms with Crippen molar-refractivity contribution < 1.29 is 4.39 Å². The molecule has 0 fully saturated rings. The fraction of sp³-hybridized carbons (Fsp3) is 0.118. The van der Waals surface area contributed by atoms with E-state index in [2.05, 4.69) is 10.3 Å². The summed E-state index contributed by atoms with van der Waals surface area (Å²) >= 11 is 6.03. The lowest BCUT2D eigenvalue weighted by molar-refractivity contribution is 0.627. The van der Waals surface area contributed by atoms with Gasteiger partial charge in [-0.3, -0.25) is 0 Å². The Bertz CT molecular complexity index is 781. The average molecular weight is 316 g/mol. The highest BCUT2D eigenvalue weighted by Crippen LogP contribution is 2.24. The second-order valence-electron chi connectivity index (χ2n) is 5.02. The van der Waals surface area contributed by atoms with Crippen LogP contribution in [0.25, 0.3) is 11.3 Å². The molecule has 0 saturated heterocycles. The van der Waals surface area contributed by atoms with Crippen LogP contribution in [0, 0.1) is 5.82 Å². The van der Waals surface area contributed by atoms with E-state index >= 15 is 0 Å². The van der Waals surface area contributed by atoms with Crippen LogP contribution in [-0.4, -0.2) is 9.55 Å². The molecule has 2 aromatic carbocycles. The SMILES string of the molecule is Cn1c(-c2cccc(Cl)c2)cnc1NCc1ccc(F)cc1. The Kier molecular flexibility index (Phi) is 4.11. The largest absolute Gasteiger partial charge is 0.352 e. The van der Waals surface area contributed by atoms with Crippen LogP contribution in [0.5, 0.6) is 0 Å². The van der Waals surface area contributed by atoms with Gasteiger partial charge in [0.05, 0.1) is 11.9 Å². The molecule has 0 aliphatic heterocycles. The van der Waals surface area contributed by atoms with Gasteiger partial charge < -0.3 is 9.88 Å². The smallest absolute Gasteiger partial charge is 0.203 e. The third kappa shape index (κ3) is 3.12. The summed E-state index contributed by atoms with van der Waals surface area (Å²) in [4.78, 5) is 4.39. The molecule has 3 nitrogen and oxygen atoms in total. The van der Waals surface area contributed by atoms with E-state index in [0.29, 0.717) is 11.6 Å². The van der Waals surface area contributed by atoms with E-state index in [0.717, 1.165) is 22.8 Å². The van der Waals surface area contributed by atoms with Crippen molar-refractivity contribution in [2.24, 2.45) is 7.05 Å². The fourth-order valence-electron chi connectivity index (χ4n) is 2.27.